The number of para-hydroxylation sites is 2. The molecule has 0 N–H and O–H groups in total. The molecule has 3 saturated carbocycles. The molecule has 0 bridgehead atoms. The number of fused-ring (bicyclic) bond motifs is 5. The second-order valence-corrected chi connectivity index (χ2v) is 15.8. The number of rotatable bonds is 10. The maximum Gasteiger partial charge on any atom is 0.587 e. The summed E-state index contributed by atoms with van der Waals surface area (Å²) in [7, 11) is -2.45. The molecule has 6 rings (SSSR count). The minimum atomic E-state index is -3.94. The molecule has 0 aliphatic heterocycles. The van der Waals surface area contributed by atoms with Crippen LogP contribution in [0.1, 0.15) is 85.0 Å². The third kappa shape index (κ3) is 6.14. The van der Waals surface area contributed by atoms with Gasteiger partial charge in [0, 0.05) is 6.42 Å². The fourth-order valence-electron chi connectivity index (χ4n) is 9.81. The molecule has 44 heavy (non-hydrogen) atoms. The van der Waals surface area contributed by atoms with Gasteiger partial charge in [-0.2, -0.15) is 0 Å². The lowest BCUT2D eigenvalue weighted by atomic mass is 9.47. The van der Waals surface area contributed by atoms with E-state index in [0.29, 0.717) is 47.0 Å². The summed E-state index contributed by atoms with van der Waals surface area (Å²) >= 11 is 0. The Kier molecular flexibility index (Phi) is 9.05. The van der Waals surface area contributed by atoms with Gasteiger partial charge in [-0.3, -0.25) is 9.32 Å². The van der Waals surface area contributed by atoms with Crippen molar-refractivity contribution in [1.29, 1.82) is 0 Å². The maximum absolute atomic E-state index is 14.1. The van der Waals surface area contributed by atoms with Gasteiger partial charge in [0.05, 0.1) is 13.2 Å². The molecule has 0 heterocycles. The number of methoxy groups -OCH3 is 1. The molecule has 0 unspecified atom stereocenters. The van der Waals surface area contributed by atoms with Crippen molar-refractivity contribution in [3.8, 4) is 11.5 Å². The van der Waals surface area contributed by atoms with E-state index in [-0.39, 0.29) is 17.5 Å². The van der Waals surface area contributed by atoms with Gasteiger partial charge in [-0.25, -0.2) is 4.57 Å². The molecule has 0 aromatic heterocycles. The number of benzene rings is 2. The zero-order valence-electron chi connectivity index (χ0n) is 26.8. The predicted molar refractivity (Wildman–Crippen MR) is 172 cm³/mol. The Morgan fingerprint density at radius 3 is 2.20 bits per heavy atom. The first-order chi connectivity index (χ1) is 21.1. The number of carbonyl (C=O) groups excluding carboxylic acids is 1. The summed E-state index contributed by atoms with van der Waals surface area (Å²) in [5.41, 5.74) is 1.95. The van der Waals surface area contributed by atoms with Crippen molar-refractivity contribution in [2.75, 3.05) is 7.11 Å². The number of esters is 1. The van der Waals surface area contributed by atoms with Gasteiger partial charge in [0.15, 0.2) is 0 Å². The Morgan fingerprint density at radius 2 is 1.57 bits per heavy atom. The molecule has 0 saturated heterocycles. The molecule has 7 heteroatoms. The van der Waals surface area contributed by atoms with E-state index < -0.39 is 7.82 Å². The second kappa shape index (κ2) is 12.7. The van der Waals surface area contributed by atoms with Crippen LogP contribution in [0.25, 0.3) is 0 Å². The highest BCUT2D eigenvalue weighted by Gasteiger charge is 2.59. The summed E-state index contributed by atoms with van der Waals surface area (Å²) < 4.78 is 37.3. The molecule has 6 nitrogen and oxygen atoms in total. The number of ether oxygens (including phenoxy) is 1. The van der Waals surface area contributed by atoms with Crippen molar-refractivity contribution in [2.45, 2.75) is 91.1 Å². The minimum absolute atomic E-state index is 0.0904. The van der Waals surface area contributed by atoms with Crippen LogP contribution in [0.5, 0.6) is 11.5 Å². The van der Waals surface area contributed by atoms with Crippen molar-refractivity contribution in [1.82, 2.24) is 0 Å². The second-order valence-electron chi connectivity index (χ2n) is 14.3. The fraction of sp³-hybridized carbons (Fsp3) is 0.595. The summed E-state index contributed by atoms with van der Waals surface area (Å²) in [4.78, 5) is 11.8. The van der Waals surface area contributed by atoms with E-state index in [1.54, 1.807) is 24.3 Å². The van der Waals surface area contributed by atoms with E-state index in [9.17, 15) is 9.36 Å². The van der Waals surface area contributed by atoms with E-state index in [1.165, 1.54) is 38.4 Å². The number of hydrogen-bond acceptors (Lipinski definition) is 6. The van der Waals surface area contributed by atoms with Gasteiger partial charge < -0.3 is 13.8 Å². The molecule has 0 spiro atoms. The number of phosphoric ester groups is 1. The van der Waals surface area contributed by atoms with Crippen LogP contribution in [0.15, 0.2) is 72.3 Å². The summed E-state index contributed by atoms with van der Waals surface area (Å²) in [5, 5.41) is 0. The van der Waals surface area contributed by atoms with Crippen LogP contribution in [0.2, 0.25) is 0 Å². The summed E-state index contributed by atoms with van der Waals surface area (Å²) in [6.45, 7) is 7.40. The Labute approximate surface area is 263 Å². The zero-order chi connectivity index (χ0) is 31.0. The summed E-state index contributed by atoms with van der Waals surface area (Å²) in [6, 6.07) is 18.3. The number of allylic oxidation sites excluding steroid dienone is 1. The van der Waals surface area contributed by atoms with Crippen molar-refractivity contribution >= 4 is 13.8 Å². The SMILES string of the molecule is COC(=O)CC[C@@H](C)[C@H]1CC[C@H]2[C@@H]3CC=C4C[C@@H](OP(=O)(Oc5ccccc5)Oc5ccccc5)CC[C@]4(C)[C@H]3CC[C@]12C. The van der Waals surface area contributed by atoms with Gasteiger partial charge in [-0.05, 0) is 122 Å². The first-order valence-electron chi connectivity index (χ1n) is 16.7. The fourth-order valence-corrected chi connectivity index (χ4v) is 11.2. The van der Waals surface area contributed by atoms with Crippen LogP contribution in [0, 0.1) is 40.4 Å². The number of phosphoric acid groups is 1. The third-order valence-electron chi connectivity index (χ3n) is 12.0. The van der Waals surface area contributed by atoms with Gasteiger partial charge in [0.2, 0.25) is 0 Å². The lowest BCUT2D eigenvalue weighted by molar-refractivity contribution is -0.141. The van der Waals surface area contributed by atoms with Crippen LogP contribution in [0.4, 0.5) is 0 Å². The van der Waals surface area contributed by atoms with Crippen LogP contribution < -0.4 is 9.05 Å². The number of carbonyl (C=O) groups is 1. The maximum atomic E-state index is 14.1. The smallest absolute Gasteiger partial charge is 0.469 e. The molecule has 0 amide bonds. The molecular formula is C37H49O6P. The molecule has 2 aromatic carbocycles. The first kappa shape index (κ1) is 31.4. The van der Waals surface area contributed by atoms with Gasteiger partial charge in [0.25, 0.3) is 0 Å². The topological polar surface area (TPSA) is 71.1 Å². The van der Waals surface area contributed by atoms with Gasteiger partial charge in [0.1, 0.15) is 11.5 Å². The van der Waals surface area contributed by atoms with Crippen LogP contribution >= 0.6 is 7.82 Å². The van der Waals surface area contributed by atoms with E-state index in [0.717, 1.165) is 38.0 Å². The van der Waals surface area contributed by atoms with E-state index in [4.69, 9.17) is 18.3 Å². The molecular weight excluding hydrogens is 571 g/mol. The molecule has 3 fully saturated rings. The van der Waals surface area contributed by atoms with Gasteiger partial charge in [-0.1, -0.05) is 68.8 Å². The monoisotopic (exact) mass is 620 g/mol. The standard InChI is InChI=1S/C37H49O6P/c1-26(15-20-35(38)40-4)32-18-19-33-31-17-16-27-25-30(21-23-36(27,2)34(31)22-24-37(32,33)3)43-44(39,41-28-11-7-5-8-12-28)42-29-13-9-6-10-14-29/h5-14,16,26,30-34H,15,17-25H2,1-4H3/t26-,30+,31+,32-,33+,34+,36+,37-/m1/s1. The number of hydrogen-bond donors (Lipinski definition) is 0. The van der Waals surface area contributed by atoms with Crippen molar-refractivity contribution in [3.05, 3.63) is 72.3 Å². The van der Waals surface area contributed by atoms with Gasteiger partial charge in [-0.15, -0.1) is 0 Å². The van der Waals surface area contributed by atoms with Crippen molar-refractivity contribution in [2.24, 2.45) is 40.4 Å². The van der Waals surface area contributed by atoms with E-state index in [1.807, 2.05) is 36.4 Å². The Hall–Kier alpha value is -2.56. The Morgan fingerprint density at radius 1 is 0.909 bits per heavy atom. The molecule has 4 aliphatic rings. The predicted octanol–water partition coefficient (Wildman–Crippen LogP) is 9.81. The van der Waals surface area contributed by atoms with Crippen molar-refractivity contribution < 1.29 is 27.7 Å². The normalized spacial score (nSPS) is 33.6. The van der Waals surface area contributed by atoms with Crippen LogP contribution in [0.3, 0.4) is 0 Å². The summed E-state index contributed by atoms with van der Waals surface area (Å²) in [5.74, 6) is 4.14. The average Bonchev–Trinajstić information content (AvgIpc) is 3.38. The quantitative estimate of drug-likeness (QED) is 0.150. The highest BCUT2D eigenvalue weighted by atomic mass is 31.2. The summed E-state index contributed by atoms with van der Waals surface area (Å²) in [6.07, 6.45) is 12.5. The van der Waals surface area contributed by atoms with Crippen molar-refractivity contribution in [3.63, 3.8) is 0 Å². The van der Waals surface area contributed by atoms with Gasteiger partial charge >= 0.3 is 13.8 Å². The van der Waals surface area contributed by atoms with Crippen LogP contribution in [-0.2, 0) is 18.6 Å². The highest BCUT2D eigenvalue weighted by molar-refractivity contribution is 7.49. The Balaban J connectivity index is 1.16. The average molecular weight is 621 g/mol. The molecule has 4 aliphatic carbocycles. The third-order valence-corrected chi connectivity index (χ3v) is 13.5. The molecule has 8 atom stereocenters. The lowest BCUT2D eigenvalue weighted by Gasteiger charge is -2.58. The van der Waals surface area contributed by atoms with E-state index >= 15 is 0 Å². The molecule has 2 aromatic rings. The molecule has 238 valence electrons. The van der Waals surface area contributed by atoms with Crippen LogP contribution in [-0.4, -0.2) is 19.2 Å². The highest BCUT2D eigenvalue weighted by Crippen LogP contribution is 2.68. The minimum Gasteiger partial charge on any atom is -0.469 e. The largest absolute Gasteiger partial charge is 0.587 e. The Bertz CT molecular complexity index is 1330. The zero-order valence-corrected chi connectivity index (χ0v) is 27.7. The first-order valence-corrected chi connectivity index (χ1v) is 18.1. The lowest BCUT2D eigenvalue weighted by Crippen LogP contribution is -2.51. The van der Waals surface area contributed by atoms with E-state index in [2.05, 4.69) is 26.8 Å². The molecule has 0 radical (unpaired) electrons.